The van der Waals surface area contributed by atoms with E-state index in [-0.39, 0.29) is 23.8 Å². The van der Waals surface area contributed by atoms with Crippen molar-refractivity contribution in [2.45, 2.75) is 45.1 Å². The summed E-state index contributed by atoms with van der Waals surface area (Å²) in [5, 5.41) is 6.90. The van der Waals surface area contributed by atoms with Crippen LogP contribution >= 0.6 is 11.3 Å². The van der Waals surface area contributed by atoms with E-state index in [1.54, 1.807) is 0 Å². The molecule has 2 amide bonds. The monoisotopic (exact) mass is 354 g/mol. The molecule has 2 aliphatic rings. The van der Waals surface area contributed by atoms with Crippen molar-refractivity contribution in [3.63, 3.8) is 0 Å². The Morgan fingerprint density at radius 2 is 1.96 bits per heavy atom. The fourth-order valence-electron chi connectivity index (χ4n) is 3.47. The number of carbonyl (C=O) groups is 2. The van der Waals surface area contributed by atoms with E-state index in [0.717, 1.165) is 42.7 Å². The molecule has 1 heterocycles. The van der Waals surface area contributed by atoms with Crippen LogP contribution in [-0.4, -0.2) is 11.8 Å². The molecule has 0 bridgehead atoms. The maximum absolute atomic E-state index is 12.8. The van der Waals surface area contributed by atoms with Crippen LogP contribution in [0.3, 0.4) is 0 Å². The van der Waals surface area contributed by atoms with E-state index in [9.17, 15) is 9.59 Å². The first-order valence-electron chi connectivity index (χ1n) is 8.92. The van der Waals surface area contributed by atoms with E-state index in [0.29, 0.717) is 4.88 Å². The molecule has 1 saturated carbocycles. The Kier molecular flexibility index (Phi) is 4.34. The average molecular weight is 354 g/mol. The van der Waals surface area contributed by atoms with E-state index in [1.165, 1.54) is 22.5 Å². The van der Waals surface area contributed by atoms with Crippen LogP contribution in [0.1, 0.15) is 58.1 Å². The van der Waals surface area contributed by atoms with Gasteiger partial charge in [-0.3, -0.25) is 9.59 Å². The molecule has 1 atom stereocenters. The molecule has 2 aliphatic carbocycles. The van der Waals surface area contributed by atoms with E-state index < -0.39 is 0 Å². The zero-order valence-electron chi connectivity index (χ0n) is 14.3. The number of rotatable bonds is 4. The number of anilines is 1. The number of hydrogen-bond donors (Lipinski definition) is 2. The Bertz CT molecular complexity index is 823. The lowest BCUT2D eigenvalue weighted by Crippen LogP contribution is -2.30. The van der Waals surface area contributed by atoms with Crippen molar-refractivity contribution < 1.29 is 9.59 Å². The number of hydrogen-bond acceptors (Lipinski definition) is 3. The Morgan fingerprint density at radius 3 is 2.76 bits per heavy atom. The predicted octanol–water partition coefficient (Wildman–Crippen LogP) is 4.21. The highest BCUT2D eigenvalue weighted by molar-refractivity contribution is 7.18. The molecule has 25 heavy (non-hydrogen) atoms. The van der Waals surface area contributed by atoms with Gasteiger partial charge in [0.15, 0.2) is 0 Å². The average Bonchev–Trinajstić information content (AvgIpc) is 3.39. The standard InChI is InChI=1S/C20H22N2O2S/c1-12-11-17(22-19(23)14-9-10-14)25-18(12)20(24)21-16-8-4-6-13-5-2-3-7-15(13)16/h2-3,5,7,11,14,16H,4,6,8-10H2,1H3,(H,21,24)(H,22,23). The Morgan fingerprint density at radius 1 is 1.16 bits per heavy atom. The largest absolute Gasteiger partial charge is 0.345 e. The van der Waals surface area contributed by atoms with Crippen LogP contribution in [0, 0.1) is 12.8 Å². The van der Waals surface area contributed by atoms with Crippen molar-refractivity contribution in [2.75, 3.05) is 5.32 Å². The number of aryl methyl sites for hydroxylation is 2. The van der Waals surface area contributed by atoms with Crippen LogP contribution in [0.25, 0.3) is 0 Å². The first-order chi connectivity index (χ1) is 12.1. The van der Waals surface area contributed by atoms with Gasteiger partial charge in [-0.05, 0) is 61.8 Å². The number of benzene rings is 1. The van der Waals surface area contributed by atoms with Gasteiger partial charge in [-0.25, -0.2) is 0 Å². The molecule has 1 aromatic carbocycles. The van der Waals surface area contributed by atoms with E-state index >= 15 is 0 Å². The van der Waals surface area contributed by atoms with E-state index in [2.05, 4.69) is 28.8 Å². The molecule has 1 fully saturated rings. The minimum atomic E-state index is -0.0453. The number of fused-ring (bicyclic) bond motifs is 1. The number of thiophene rings is 1. The molecule has 0 spiro atoms. The summed E-state index contributed by atoms with van der Waals surface area (Å²) in [5.74, 6) is 0.198. The molecule has 0 saturated heterocycles. The minimum absolute atomic E-state index is 0.0453. The lowest BCUT2D eigenvalue weighted by molar-refractivity contribution is -0.117. The van der Waals surface area contributed by atoms with Crippen molar-refractivity contribution in [1.82, 2.24) is 5.32 Å². The fourth-order valence-corrected chi connectivity index (χ4v) is 4.44. The van der Waals surface area contributed by atoms with Crippen molar-refractivity contribution >= 4 is 28.2 Å². The second kappa shape index (κ2) is 6.64. The lowest BCUT2D eigenvalue weighted by atomic mass is 9.88. The van der Waals surface area contributed by atoms with Crippen LogP contribution < -0.4 is 10.6 Å². The van der Waals surface area contributed by atoms with Crippen molar-refractivity contribution in [3.05, 3.63) is 51.9 Å². The van der Waals surface area contributed by atoms with Crippen LogP contribution in [-0.2, 0) is 11.2 Å². The quantitative estimate of drug-likeness (QED) is 0.864. The molecule has 2 aromatic rings. The lowest BCUT2D eigenvalue weighted by Gasteiger charge is -2.26. The van der Waals surface area contributed by atoms with Gasteiger partial charge in [0.25, 0.3) is 5.91 Å². The van der Waals surface area contributed by atoms with Gasteiger partial charge in [0.2, 0.25) is 5.91 Å². The zero-order valence-corrected chi connectivity index (χ0v) is 15.1. The maximum atomic E-state index is 12.8. The summed E-state index contributed by atoms with van der Waals surface area (Å²) in [6.07, 6.45) is 5.10. The van der Waals surface area contributed by atoms with Gasteiger partial charge in [-0.1, -0.05) is 24.3 Å². The number of carbonyl (C=O) groups excluding carboxylic acids is 2. The van der Waals surface area contributed by atoms with Crippen LogP contribution in [0.2, 0.25) is 0 Å². The second-order valence-corrected chi connectivity index (χ2v) is 8.06. The van der Waals surface area contributed by atoms with Crippen molar-refractivity contribution in [3.8, 4) is 0 Å². The molecule has 5 heteroatoms. The van der Waals surface area contributed by atoms with Crippen molar-refractivity contribution in [1.29, 1.82) is 0 Å². The third kappa shape index (κ3) is 3.47. The highest BCUT2D eigenvalue weighted by atomic mass is 32.1. The Hall–Kier alpha value is -2.14. The molecule has 4 rings (SSSR count). The topological polar surface area (TPSA) is 58.2 Å². The van der Waals surface area contributed by atoms with Gasteiger partial charge in [-0.2, -0.15) is 0 Å². The highest BCUT2D eigenvalue weighted by Crippen LogP contribution is 2.34. The summed E-state index contributed by atoms with van der Waals surface area (Å²) in [6, 6.07) is 10.3. The molecule has 0 radical (unpaired) electrons. The maximum Gasteiger partial charge on any atom is 0.262 e. The molecule has 0 aliphatic heterocycles. The molecule has 1 unspecified atom stereocenters. The molecule has 4 nitrogen and oxygen atoms in total. The highest BCUT2D eigenvalue weighted by Gasteiger charge is 2.30. The number of amides is 2. The second-order valence-electron chi connectivity index (χ2n) is 7.00. The van der Waals surface area contributed by atoms with Gasteiger partial charge in [0.05, 0.1) is 15.9 Å². The van der Waals surface area contributed by atoms with E-state index in [1.807, 2.05) is 19.1 Å². The predicted molar refractivity (Wildman–Crippen MR) is 100.0 cm³/mol. The van der Waals surface area contributed by atoms with Gasteiger partial charge in [0.1, 0.15) is 0 Å². The fraction of sp³-hybridized carbons (Fsp3) is 0.400. The molecular formula is C20H22N2O2S. The van der Waals surface area contributed by atoms with Crippen LogP contribution in [0.4, 0.5) is 5.00 Å². The molecular weight excluding hydrogens is 332 g/mol. The third-order valence-electron chi connectivity index (χ3n) is 4.99. The molecule has 2 N–H and O–H groups in total. The summed E-state index contributed by atoms with van der Waals surface area (Å²) >= 11 is 1.37. The molecule has 1 aromatic heterocycles. The summed E-state index contributed by atoms with van der Waals surface area (Å²) < 4.78 is 0. The van der Waals surface area contributed by atoms with Gasteiger partial charge >= 0.3 is 0 Å². The summed E-state index contributed by atoms with van der Waals surface area (Å²) in [4.78, 5) is 25.4. The zero-order chi connectivity index (χ0) is 17.4. The number of nitrogens with one attached hydrogen (secondary N) is 2. The third-order valence-corrected chi connectivity index (χ3v) is 6.14. The van der Waals surface area contributed by atoms with Gasteiger partial charge in [-0.15, -0.1) is 11.3 Å². The Labute approximate surface area is 151 Å². The summed E-state index contributed by atoms with van der Waals surface area (Å²) in [6.45, 7) is 1.92. The SMILES string of the molecule is Cc1cc(NC(=O)C2CC2)sc1C(=O)NC1CCCc2ccccc21. The molecule has 130 valence electrons. The van der Waals surface area contributed by atoms with Crippen molar-refractivity contribution in [2.24, 2.45) is 5.92 Å². The minimum Gasteiger partial charge on any atom is -0.345 e. The Balaban J connectivity index is 1.48. The van der Waals surface area contributed by atoms with E-state index in [4.69, 9.17) is 0 Å². The first-order valence-corrected chi connectivity index (χ1v) is 9.73. The summed E-state index contributed by atoms with van der Waals surface area (Å²) in [5.41, 5.74) is 3.48. The smallest absolute Gasteiger partial charge is 0.262 e. The summed E-state index contributed by atoms with van der Waals surface area (Å²) in [7, 11) is 0. The first kappa shape index (κ1) is 16.3. The van der Waals surface area contributed by atoms with Gasteiger partial charge in [0, 0.05) is 5.92 Å². The van der Waals surface area contributed by atoms with Crippen LogP contribution in [0.15, 0.2) is 30.3 Å². The normalized spacial score (nSPS) is 19.2. The van der Waals surface area contributed by atoms with Crippen LogP contribution in [0.5, 0.6) is 0 Å². The van der Waals surface area contributed by atoms with Gasteiger partial charge < -0.3 is 10.6 Å².